The Labute approximate surface area is 173 Å². The number of aryl methyl sites for hydroxylation is 2. The molecule has 2 aromatic carbocycles. The summed E-state index contributed by atoms with van der Waals surface area (Å²) in [4.78, 5) is 41.4. The zero-order valence-corrected chi connectivity index (χ0v) is 16.2. The van der Waals surface area contributed by atoms with Gasteiger partial charge in [0, 0.05) is 12.8 Å². The second kappa shape index (κ2) is 13.7. The predicted octanol–water partition coefficient (Wildman–Crippen LogP) is -0.504. The van der Waals surface area contributed by atoms with E-state index in [2.05, 4.69) is 0 Å². The molecule has 0 atom stereocenters. The monoisotopic (exact) mass is 378 g/mol. The van der Waals surface area contributed by atoms with E-state index in [-0.39, 0.29) is 35.9 Å². The Balaban J connectivity index is 0.000000483. The van der Waals surface area contributed by atoms with Gasteiger partial charge in [-0.25, -0.2) is 0 Å². The molecule has 0 radical (unpaired) electrons. The fraction of sp³-hybridized carbons (Fsp3) is 0.200. The van der Waals surface area contributed by atoms with Gasteiger partial charge >= 0.3 is 23.1 Å². The molecule has 136 valence electrons. The predicted molar refractivity (Wildman–Crippen MR) is 95.3 cm³/mol. The molecule has 0 aliphatic heterocycles. The number of Topliss-reactive ketones (excluding diaryl/α,β-unsaturated/α-hetero) is 2. The summed E-state index contributed by atoms with van der Waals surface area (Å²) in [6.45, 7) is 0. The molecule has 0 saturated heterocycles. The van der Waals surface area contributed by atoms with Gasteiger partial charge in [0.25, 0.3) is 0 Å². The van der Waals surface area contributed by atoms with E-state index >= 15 is 0 Å². The van der Waals surface area contributed by atoms with Crippen LogP contribution in [0.2, 0.25) is 0 Å². The van der Waals surface area contributed by atoms with Crippen molar-refractivity contribution in [1.29, 1.82) is 0 Å². The van der Waals surface area contributed by atoms with Crippen molar-refractivity contribution in [2.24, 2.45) is 0 Å². The summed E-state index contributed by atoms with van der Waals surface area (Å²) in [6, 6.07) is 18.5. The summed E-state index contributed by atoms with van der Waals surface area (Å²) >= 11 is 0. The van der Waals surface area contributed by atoms with Crippen LogP contribution in [0.15, 0.2) is 60.7 Å². The molecular formula is C20H18MgO6. The Bertz CT molecular complexity index is 678. The number of rotatable bonds is 8. The van der Waals surface area contributed by atoms with Crippen molar-refractivity contribution in [2.45, 2.75) is 25.7 Å². The number of ketones is 2. The molecule has 0 aromatic heterocycles. The van der Waals surface area contributed by atoms with Crippen LogP contribution in [-0.2, 0) is 32.0 Å². The van der Waals surface area contributed by atoms with Crippen LogP contribution in [0.4, 0.5) is 0 Å². The van der Waals surface area contributed by atoms with Gasteiger partial charge in [-0.3, -0.25) is 9.59 Å². The fourth-order valence-corrected chi connectivity index (χ4v) is 2.01. The van der Waals surface area contributed by atoms with E-state index in [0.717, 1.165) is 11.1 Å². The average molecular weight is 379 g/mol. The topological polar surface area (TPSA) is 114 Å². The summed E-state index contributed by atoms with van der Waals surface area (Å²) in [5.41, 5.74) is 1.91. The molecule has 6 nitrogen and oxygen atoms in total. The van der Waals surface area contributed by atoms with E-state index < -0.39 is 23.5 Å². The summed E-state index contributed by atoms with van der Waals surface area (Å²) in [5, 5.41) is 20.1. The molecule has 0 unspecified atom stereocenters. The smallest absolute Gasteiger partial charge is 0.542 e. The summed E-state index contributed by atoms with van der Waals surface area (Å²) in [6.07, 6.45) is 0.917. The van der Waals surface area contributed by atoms with Gasteiger partial charge < -0.3 is 19.8 Å². The quantitative estimate of drug-likeness (QED) is 0.451. The van der Waals surface area contributed by atoms with Crippen LogP contribution >= 0.6 is 0 Å². The van der Waals surface area contributed by atoms with Crippen molar-refractivity contribution < 1.29 is 29.4 Å². The second-order valence-corrected chi connectivity index (χ2v) is 5.39. The first kappa shape index (κ1) is 24.5. The third-order valence-electron chi connectivity index (χ3n) is 3.42. The first-order valence-corrected chi connectivity index (χ1v) is 7.96. The summed E-state index contributed by atoms with van der Waals surface area (Å²) in [5.74, 6) is -4.89. The Morgan fingerprint density at radius 2 is 0.889 bits per heavy atom. The number of hydrogen-bond donors (Lipinski definition) is 0. The Morgan fingerprint density at radius 3 is 1.15 bits per heavy atom. The van der Waals surface area contributed by atoms with E-state index in [9.17, 15) is 29.4 Å². The Hall–Kier alpha value is -2.51. The van der Waals surface area contributed by atoms with Gasteiger partial charge in [-0.15, -0.1) is 0 Å². The van der Waals surface area contributed by atoms with Crippen molar-refractivity contribution in [1.82, 2.24) is 0 Å². The molecule has 0 heterocycles. The minimum atomic E-state index is -1.60. The summed E-state index contributed by atoms with van der Waals surface area (Å²) in [7, 11) is 0. The molecule has 0 spiro atoms. The van der Waals surface area contributed by atoms with Crippen LogP contribution in [0.25, 0.3) is 0 Å². The van der Waals surface area contributed by atoms with Gasteiger partial charge in [0.15, 0.2) is 11.6 Å². The third-order valence-corrected chi connectivity index (χ3v) is 3.42. The van der Waals surface area contributed by atoms with E-state index in [0.29, 0.717) is 12.8 Å². The first-order chi connectivity index (χ1) is 12.4. The van der Waals surface area contributed by atoms with Crippen molar-refractivity contribution in [3.63, 3.8) is 0 Å². The number of hydrogen-bond acceptors (Lipinski definition) is 6. The molecular weight excluding hydrogens is 361 g/mol. The molecule has 2 rings (SSSR count). The standard InChI is InChI=1S/2C10H10O3.Mg/c2*11-9(10(12)13)7-6-8-4-2-1-3-5-8;/h2*1-5H,6-7H2,(H,12,13);/q;;+2/p-2. The number of benzene rings is 2. The van der Waals surface area contributed by atoms with Gasteiger partial charge in [-0.05, 0) is 24.0 Å². The maximum atomic E-state index is 10.7. The maximum Gasteiger partial charge on any atom is 2.00 e. The molecule has 0 amide bonds. The minimum absolute atomic E-state index is 0. The largest absolute Gasteiger partial charge is 2.00 e. The van der Waals surface area contributed by atoms with Crippen LogP contribution in [-0.4, -0.2) is 46.6 Å². The number of aliphatic carboxylic acids is 2. The van der Waals surface area contributed by atoms with E-state index in [4.69, 9.17) is 0 Å². The SMILES string of the molecule is O=C([O-])C(=O)CCc1ccccc1.O=C([O-])C(=O)CCc1ccccc1.[Mg+2]. The van der Waals surface area contributed by atoms with Crippen molar-refractivity contribution >= 4 is 46.6 Å². The number of carbonyl (C=O) groups excluding carboxylic acids is 4. The number of carbonyl (C=O) groups is 4. The zero-order valence-electron chi connectivity index (χ0n) is 14.8. The van der Waals surface area contributed by atoms with Crippen LogP contribution in [0, 0.1) is 0 Å². The van der Waals surface area contributed by atoms with Crippen LogP contribution < -0.4 is 10.2 Å². The summed E-state index contributed by atoms with van der Waals surface area (Å²) < 4.78 is 0. The number of carboxylic acid groups (broad SMARTS) is 2. The van der Waals surface area contributed by atoms with E-state index in [1.54, 1.807) is 0 Å². The van der Waals surface area contributed by atoms with E-state index in [1.165, 1.54) is 0 Å². The zero-order chi connectivity index (χ0) is 19.4. The molecule has 0 bridgehead atoms. The normalized spacial score (nSPS) is 9.19. The van der Waals surface area contributed by atoms with Gasteiger partial charge in [-0.1, -0.05) is 60.7 Å². The Morgan fingerprint density at radius 1 is 0.593 bits per heavy atom. The third kappa shape index (κ3) is 10.9. The maximum absolute atomic E-state index is 10.7. The molecule has 2 aromatic rings. The van der Waals surface area contributed by atoms with Crippen molar-refractivity contribution in [2.75, 3.05) is 0 Å². The van der Waals surface area contributed by atoms with Crippen LogP contribution in [0.1, 0.15) is 24.0 Å². The molecule has 0 aliphatic rings. The minimum Gasteiger partial charge on any atom is -0.542 e. The van der Waals surface area contributed by atoms with Crippen LogP contribution in [0.5, 0.6) is 0 Å². The van der Waals surface area contributed by atoms with Gasteiger partial charge in [0.05, 0.1) is 0 Å². The van der Waals surface area contributed by atoms with E-state index in [1.807, 2.05) is 60.7 Å². The van der Waals surface area contributed by atoms with Crippen LogP contribution in [0.3, 0.4) is 0 Å². The molecule has 0 fully saturated rings. The van der Waals surface area contributed by atoms with Gasteiger partial charge in [0.2, 0.25) is 0 Å². The van der Waals surface area contributed by atoms with Gasteiger partial charge in [0.1, 0.15) is 11.9 Å². The second-order valence-electron chi connectivity index (χ2n) is 5.39. The number of carboxylic acids is 2. The van der Waals surface area contributed by atoms with Crippen molar-refractivity contribution in [3.8, 4) is 0 Å². The average Bonchev–Trinajstić information content (AvgIpc) is 2.66. The van der Waals surface area contributed by atoms with Crippen molar-refractivity contribution in [3.05, 3.63) is 71.8 Å². The Kier molecular flexibility index (Phi) is 12.4. The first-order valence-electron chi connectivity index (χ1n) is 7.96. The molecule has 0 aliphatic carbocycles. The fourth-order valence-electron chi connectivity index (χ4n) is 2.01. The van der Waals surface area contributed by atoms with Gasteiger partial charge in [-0.2, -0.15) is 0 Å². The molecule has 0 N–H and O–H groups in total. The molecule has 7 heteroatoms. The molecule has 27 heavy (non-hydrogen) atoms. The molecule has 0 saturated carbocycles.